The molecule has 1 unspecified atom stereocenters. The highest BCUT2D eigenvalue weighted by molar-refractivity contribution is 6.30. The number of hydrogen-bond donors (Lipinski definition) is 0. The smallest absolute Gasteiger partial charge is 0.214 e. The maximum atomic E-state index is 14.1. The van der Waals surface area contributed by atoms with Crippen molar-refractivity contribution >= 4 is 28.8 Å². The monoisotopic (exact) mass is 547 g/mol. The largest absolute Gasteiger partial charge is 0.473 e. The zero-order valence-electron chi connectivity index (χ0n) is 23.0. The number of carbonyl (C=O) groups excluding carboxylic acids is 1. The number of hydrogen-bond acceptors (Lipinski definition) is 5. The highest BCUT2D eigenvalue weighted by Crippen LogP contribution is 2.35. The summed E-state index contributed by atoms with van der Waals surface area (Å²) < 4.78 is 19.9. The summed E-state index contributed by atoms with van der Waals surface area (Å²) in [6.45, 7) is 5.80. The summed E-state index contributed by atoms with van der Waals surface area (Å²) in [4.78, 5) is 23.4. The van der Waals surface area contributed by atoms with E-state index in [0.29, 0.717) is 28.1 Å². The van der Waals surface area contributed by atoms with Crippen molar-refractivity contribution < 1.29 is 13.9 Å². The number of ether oxygens (including phenoxy) is 1. The van der Waals surface area contributed by atoms with Gasteiger partial charge in [0.25, 0.3) is 0 Å². The van der Waals surface area contributed by atoms with Gasteiger partial charge < -0.3 is 9.64 Å². The summed E-state index contributed by atoms with van der Waals surface area (Å²) in [6.07, 6.45) is 9.32. The number of ketones is 1. The minimum absolute atomic E-state index is 0.0316. The molecule has 3 aromatic rings. The van der Waals surface area contributed by atoms with E-state index in [9.17, 15) is 9.18 Å². The van der Waals surface area contributed by atoms with Crippen LogP contribution in [0.25, 0.3) is 5.57 Å². The second-order valence-electron chi connectivity index (χ2n) is 10.0. The van der Waals surface area contributed by atoms with Crippen molar-refractivity contribution in [3.05, 3.63) is 99.7 Å². The maximum absolute atomic E-state index is 14.1. The molecule has 204 valence electrons. The average molecular weight is 548 g/mol. The highest BCUT2D eigenvalue weighted by atomic mass is 35.5. The number of allylic oxidation sites excluding steroid dienone is 4. The van der Waals surface area contributed by atoms with Gasteiger partial charge in [-0.05, 0) is 80.3 Å². The summed E-state index contributed by atoms with van der Waals surface area (Å²) in [5.74, 6) is 1.37. The fourth-order valence-electron chi connectivity index (χ4n) is 4.85. The zero-order valence-corrected chi connectivity index (χ0v) is 23.8. The van der Waals surface area contributed by atoms with Crippen LogP contribution in [0.2, 0.25) is 5.02 Å². The molecule has 2 aromatic heterocycles. The Morgan fingerprint density at radius 1 is 1.21 bits per heavy atom. The molecule has 1 atom stereocenters. The molecule has 4 rings (SSSR count). The summed E-state index contributed by atoms with van der Waals surface area (Å²) in [5.41, 5.74) is 5.28. The minimum Gasteiger partial charge on any atom is -0.473 e. The molecule has 0 spiro atoms. The molecule has 7 heteroatoms. The molecule has 1 aliphatic carbocycles. The van der Waals surface area contributed by atoms with E-state index >= 15 is 0 Å². The van der Waals surface area contributed by atoms with Crippen LogP contribution in [0.3, 0.4) is 0 Å². The molecule has 1 aliphatic rings. The maximum Gasteiger partial charge on any atom is 0.214 e. The van der Waals surface area contributed by atoms with Crippen molar-refractivity contribution in [2.45, 2.75) is 59.5 Å². The summed E-state index contributed by atoms with van der Waals surface area (Å²) in [5, 5.41) is 0.358. The first-order valence-corrected chi connectivity index (χ1v) is 13.8. The number of benzene rings is 1. The first-order chi connectivity index (χ1) is 18.7. The topological polar surface area (TPSA) is 55.3 Å². The van der Waals surface area contributed by atoms with Crippen LogP contribution in [0.4, 0.5) is 10.2 Å². The first kappa shape index (κ1) is 28.5. The molecule has 1 aromatic carbocycles. The number of rotatable bonds is 10. The SMILES string of the molecule is CC/C=C(\CC1CC=C(c2cccc(OCc3ccc(Cl)cc3F)n2)CC1)N(C)c1nc(C(C)=O)ccc1C. The molecular weight excluding hydrogens is 513 g/mol. The van der Waals surface area contributed by atoms with Crippen LogP contribution in [0.15, 0.2) is 66.4 Å². The fraction of sp³-hybridized carbons (Fsp3) is 0.344. The Labute approximate surface area is 235 Å². The Bertz CT molecular complexity index is 1400. The van der Waals surface area contributed by atoms with Gasteiger partial charge in [0.05, 0.1) is 5.69 Å². The van der Waals surface area contributed by atoms with Gasteiger partial charge >= 0.3 is 0 Å². The summed E-state index contributed by atoms with van der Waals surface area (Å²) in [7, 11) is 2.04. The van der Waals surface area contributed by atoms with Crippen molar-refractivity contribution in [2.75, 3.05) is 11.9 Å². The van der Waals surface area contributed by atoms with E-state index < -0.39 is 0 Å². The Morgan fingerprint density at radius 2 is 2.03 bits per heavy atom. The first-order valence-electron chi connectivity index (χ1n) is 13.4. The normalized spacial score (nSPS) is 15.6. The van der Waals surface area contributed by atoms with Gasteiger partial charge in [-0.1, -0.05) is 48.9 Å². The van der Waals surface area contributed by atoms with Crippen LogP contribution in [0.1, 0.15) is 73.3 Å². The van der Waals surface area contributed by atoms with Gasteiger partial charge in [0.2, 0.25) is 5.88 Å². The number of pyridine rings is 2. The van der Waals surface area contributed by atoms with Crippen molar-refractivity contribution in [1.29, 1.82) is 0 Å². The lowest BCUT2D eigenvalue weighted by molar-refractivity contribution is 0.101. The van der Waals surface area contributed by atoms with Crippen molar-refractivity contribution in [2.24, 2.45) is 5.92 Å². The molecule has 0 bridgehead atoms. The van der Waals surface area contributed by atoms with Gasteiger partial charge in [0.1, 0.15) is 23.9 Å². The third-order valence-electron chi connectivity index (χ3n) is 7.08. The average Bonchev–Trinajstić information content (AvgIpc) is 2.92. The molecule has 0 saturated heterocycles. The predicted molar refractivity (Wildman–Crippen MR) is 156 cm³/mol. The molecule has 39 heavy (non-hydrogen) atoms. The molecule has 0 fully saturated rings. The number of aryl methyl sites for hydroxylation is 1. The molecule has 2 heterocycles. The van der Waals surface area contributed by atoms with Gasteiger partial charge in [-0.3, -0.25) is 4.79 Å². The number of aromatic nitrogens is 2. The minimum atomic E-state index is -0.390. The molecule has 0 amide bonds. The van der Waals surface area contributed by atoms with E-state index in [1.807, 2.05) is 32.2 Å². The van der Waals surface area contributed by atoms with E-state index in [2.05, 4.69) is 33.9 Å². The van der Waals surface area contributed by atoms with E-state index in [1.54, 1.807) is 31.2 Å². The van der Waals surface area contributed by atoms with E-state index in [0.717, 1.165) is 49.2 Å². The predicted octanol–water partition coefficient (Wildman–Crippen LogP) is 8.36. The van der Waals surface area contributed by atoms with E-state index in [1.165, 1.54) is 17.3 Å². The van der Waals surface area contributed by atoms with Crippen LogP contribution in [-0.4, -0.2) is 22.8 Å². The molecular formula is C32H35ClFN3O2. The van der Waals surface area contributed by atoms with Crippen molar-refractivity contribution in [3.63, 3.8) is 0 Å². The second kappa shape index (κ2) is 13.0. The summed E-state index contributed by atoms with van der Waals surface area (Å²) in [6, 6.07) is 14.0. The third kappa shape index (κ3) is 7.33. The zero-order chi connectivity index (χ0) is 27.9. The second-order valence-corrected chi connectivity index (χ2v) is 10.5. The van der Waals surface area contributed by atoms with Gasteiger partial charge in [-0.2, -0.15) is 0 Å². The fourth-order valence-corrected chi connectivity index (χ4v) is 5.01. The Hall–Kier alpha value is -3.51. The van der Waals surface area contributed by atoms with Crippen LogP contribution < -0.4 is 9.64 Å². The molecule has 5 nitrogen and oxygen atoms in total. The van der Waals surface area contributed by atoms with Crippen molar-refractivity contribution in [1.82, 2.24) is 9.97 Å². The molecule has 0 aliphatic heterocycles. The number of anilines is 1. The van der Waals surface area contributed by atoms with Gasteiger partial charge in [0.15, 0.2) is 5.78 Å². The number of carbonyl (C=O) groups is 1. The highest BCUT2D eigenvalue weighted by Gasteiger charge is 2.21. The Balaban J connectivity index is 1.41. The van der Waals surface area contributed by atoms with Crippen LogP contribution >= 0.6 is 11.6 Å². The summed E-state index contributed by atoms with van der Waals surface area (Å²) >= 11 is 5.84. The van der Waals surface area contributed by atoms with Gasteiger partial charge in [-0.25, -0.2) is 14.4 Å². The number of nitrogens with zero attached hydrogens (tertiary/aromatic N) is 3. The lowest BCUT2D eigenvalue weighted by Crippen LogP contribution is -2.22. The number of Topliss-reactive ketones (excluding diaryl/α,β-unsaturated/α-hetero) is 1. The van der Waals surface area contributed by atoms with Gasteiger partial charge in [-0.15, -0.1) is 0 Å². The lowest BCUT2D eigenvalue weighted by atomic mass is 9.85. The van der Waals surface area contributed by atoms with Crippen LogP contribution in [0.5, 0.6) is 5.88 Å². The van der Waals surface area contributed by atoms with E-state index in [4.69, 9.17) is 16.3 Å². The van der Waals surface area contributed by atoms with Crippen LogP contribution in [-0.2, 0) is 6.61 Å². The van der Waals surface area contributed by atoms with Crippen LogP contribution in [0, 0.1) is 18.7 Å². The molecule has 0 radical (unpaired) electrons. The third-order valence-corrected chi connectivity index (χ3v) is 7.31. The Morgan fingerprint density at radius 3 is 2.72 bits per heavy atom. The van der Waals surface area contributed by atoms with Crippen molar-refractivity contribution in [3.8, 4) is 5.88 Å². The quantitative estimate of drug-likeness (QED) is 0.239. The lowest BCUT2D eigenvalue weighted by Gasteiger charge is -2.29. The number of halogens is 2. The Kier molecular flexibility index (Phi) is 9.52. The van der Waals surface area contributed by atoms with Gasteiger partial charge in [0, 0.05) is 36.3 Å². The standard InChI is InChI=1S/C32H35ClFN3O2/c1-5-7-27(37(4)32-21(2)10-17-29(36-32)22(3)38)18-23-11-13-24(14-12-23)30-8-6-9-31(35-30)39-20-25-15-16-26(33)19-28(25)34/h6-10,13,15-17,19,23H,5,11-12,14,18,20H2,1-4H3/b27-7+. The van der Waals surface area contributed by atoms with E-state index in [-0.39, 0.29) is 18.2 Å². The molecule has 0 saturated carbocycles. The molecule has 0 N–H and O–H groups in total.